The van der Waals surface area contributed by atoms with Crippen LogP contribution in [0.5, 0.6) is 0 Å². The fraction of sp³-hybridized carbons (Fsp3) is 1.00. The molecule has 0 heterocycles. The van der Waals surface area contributed by atoms with Gasteiger partial charge in [-0.1, -0.05) is 13.8 Å². The van der Waals surface area contributed by atoms with Crippen molar-refractivity contribution in [3.63, 3.8) is 0 Å². The Morgan fingerprint density at radius 3 is 1.56 bits per heavy atom. The van der Waals surface area contributed by atoms with Gasteiger partial charge in [-0.05, 0) is 18.3 Å². The monoisotopic (exact) mass is 128 g/mol. The largest absolute Gasteiger partial charge is 0.327 e. The zero-order valence-corrected chi connectivity index (χ0v) is 6.22. The minimum absolute atomic E-state index is 0.167. The van der Waals surface area contributed by atoms with E-state index >= 15 is 0 Å². The van der Waals surface area contributed by atoms with E-state index < -0.39 is 0 Å². The second-order valence-corrected chi connectivity index (χ2v) is 3.61. The quantitative estimate of drug-likeness (QED) is 0.498. The predicted octanol–water partition coefficient (Wildman–Crippen LogP) is 0.461. The predicted molar refractivity (Wildman–Crippen MR) is 39.0 cm³/mol. The summed E-state index contributed by atoms with van der Waals surface area (Å²) in [6.45, 7) is 4.30. The molecule has 0 amide bonds. The highest BCUT2D eigenvalue weighted by atomic mass is 14.8. The zero-order valence-electron chi connectivity index (χ0n) is 6.22. The van der Waals surface area contributed by atoms with Gasteiger partial charge in [-0.15, -0.1) is 0 Å². The van der Waals surface area contributed by atoms with E-state index in [2.05, 4.69) is 13.8 Å². The molecule has 9 heavy (non-hydrogen) atoms. The lowest BCUT2D eigenvalue weighted by Crippen LogP contribution is -2.42. The highest BCUT2D eigenvalue weighted by Gasteiger charge is 2.38. The normalized spacial score (nSPS) is 41.3. The van der Waals surface area contributed by atoms with Crippen molar-refractivity contribution in [1.82, 2.24) is 0 Å². The molecule has 54 valence electrons. The third kappa shape index (κ3) is 0.970. The fourth-order valence-corrected chi connectivity index (χ4v) is 1.38. The first-order valence-corrected chi connectivity index (χ1v) is 3.56. The zero-order chi connectivity index (χ0) is 7.07. The Morgan fingerprint density at radius 1 is 1.11 bits per heavy atom. The lowest BCUT2D eigenvalue weighted by molar-refractivity contribution is 0.294. The van der Waals surface area contributed by atoms with E-state index in [1.54, 1.807) is 0 Å². The molecule has 4 N–H and O–H groups in total. The Hall–Kier alpha value is -0.0800. The highest BCUT2D eigenvalue weighted by Crippen LogP contribution is 2.34. The molecule has 0 bridgehead atoms. The van der Waals surface area contributed by atoms with E-state index in [4.69, 9.17) is 11.5 Å². The van der Waals surface area contributed by atoms with Gasteiger partial charge in [-0.3, -0.25) is 0 Å². The molecule has 0 saturated heterocycles. The van der Waals surface area contributed by atoms with Gasteiger partial charge in [0.05, 0.1) is 0 Å². The van der Waals surface area contributed by atoms with E-state index in [1.165, 1.54) is 0 Å². The second-order valence-electron chi connectivity index (χ2n) is 3.61. The van der Waals surface area contributed by atoms with E-state index in [-0.39, 0.29) is 5.41 Å². The van der Waals surface area contributed by atoms with Gasteiger partial charge < -0.3 is 11.5 Å². The van der Waals surface area contributed by atoms with Crippen LogP contribution in [-0.2, 0) is 0 Å². The average molecular weight is 128 g/mol. The van der Waals surface area contributed by atoms with Crippen molar-refractivity contribution in [1.29, 1.82) is 0 Å². The van der Waals surface area contributed by atoms with Crippen LogP contribution in [0.15, 0.2) is 0 Å². The van der Waals surface area contributed by atoms with Crippen molar-refractivity contribution < 1.29 is 0 Å². The molecule has 0 aliphatic heterocycles. The number of rotatable bonds is 0. The minimum atomic E-state index is 0.167. The average Bonchev–Trinajstić information content (AvgIpc) is 1.96. The van der Waals surface area contributed by atoms with Crippen molar-refractivity contribution in [2.75, 3.05) is 0 Å². The van der Waals surface area contributed by atoms with Crippen LogP contribution >= 0.6 is 0 Å². The number of hydrogen-bond donors (Lipinski definition) is 2. The van der Waals surface area contributed by atoms with Crippen LogP contribution in [-0.4, -0.2) is 12.1 Å². The molecule has 2 atom stereocenters. The molecule has 2 heteroatoms. The third-order valence-electron chi connectivity index (χ3n) is 2.70. The summed E-state index contributed by atoms with van der Waals surface area (Å²) >= 11 is 0. The van der Waals surface area contributed by atoms with E-state index in [0.29, 0.717) is 12.1 Å². The van der Waals surface area contributed by atoms with Crippen LogP contribution < -0.4 is 11.5 Å². The summed E-state index contributed by atoms with van der Waals surface area (Å²) < 4.78 is 0. The molecule has 0 aromatic heterocycles. The molecular formula is C7H16N2. The molecule has 1 fully saturated rings. The summed E-state index contributed by atoms with van der Waals surface area (Å²) in [7, 11) is 0. The number of hydrogen-bond acceptors (Lipinski definition) is 2. The first-order valence-electron chi connectivity index (χ1n) is 3.56. The van der Waals surface area contributed by atoms with Crippen molar-refractivity contribution in [3.8, 4) is 0 Å². The van der Waals surface area contributed by atoms with Gasteiger partial charge in [0.25, 0.3) is 0 Å². The maximum atomic E-state index is 5.82. The lowest BCUT2D eigenvalue weighted by atomic mass is 9.85. The molecule has 0 spiro atoms. The smallest absolute Gasteiger partial charge is 0.0106 e. The Bertz CT molecular complexity index is 97.5. The minimum Gasteiger partial charge on any atom is -0.327 e. The Labute approximate surface area is 56.6 Å². The van der Waals surface area contributed by atoms with Gasteiger partial charge in [0.1, 0.15) is 0 Å². The molecule has 1 saturated carbocycles. The summed E-state index contributed by atoms with van der Waals surface area (Å²) in [5, 5.41) is 0. The standard InChI is InChI=1S/C7H16N2/c1-7(2)5(8)3-4-6(7)9/h5-6H,3-4,8-9H2,1-2H3/t5-,6+. The summed E-state index contributed by atoms with van der Waals surface area (Å²) in [5.41, 5.74) is 11.8. The van der Waals surface area contributed by atoms with E-state index in [1.807, 2.05) is 0 Å². The van der Waals surface area contributed by atoms with Crippen LogP contribution in [0.1, 0.15) is 26.7 Å². The topological polar surface area (TPSA) is 52.0 Å². The first kappa shape index (κ1) is 7.03. The Kier molecular flexibility index (Phi) is 1.53. The summed E-state index contributed by atoms with van der Waals surface area (Å²) in [4.78, 5) is 0. The van der Waals surface area contributed by atoms with E-state index in [9.17, 15) is 0 Å². The van der Waals surface area contributed by atoms with Crippen molar-refractivity contribution >= 4 is 0 Å². The maximum absolute atomic E-state index is 5.82. The van der Waals surface area contributed by atoms with Gasteiger partial charge in [0, 0.05) is 12.1 Å². The van der Waals surface area contributed by atoms with Crippen LogP contribution in [0.25, 0.3) is 0 Å². The molecule has 0 aromatic carbocycles. The molecule has 1 aliphatic carbocycles. The van der Waals surface area contributed by atoms with Crippen LogP contribution in [0.4, 0.5) is 0 Å². The molecule has 1 rings (SSSR count). The van der Waals surface area contributed by atoms with Crippen molar-refractivity contribution in [2.45, 2.75) is 38.8 Å². The van der Waals surface area contributed by atoms with Gasteiger partial charge in [0.2, 0.25) is 0 Å². The second kappa shape index (κ2) is 1.96. The third-order valence-corrected chi connectivity index (χ3v) is 2.70. The van der Waals surface area contributed by atoms with E-state index in [0.717, 1.165) is 12.8 Å². The molecule has 0 unspecified atom stereocenters. The summed E-state index contributed by atoms with van der Waals surface area (Å²) in [6, 6.07) is 0.625. The summed E-state index contributed by atoms with van der Waals surface area (Å²) in [5.74, 6) is 0. The SMILES string of the molecule is CC1(C)[C@H](N)CC[C@@H]1N. The Morgan fingerprint density at radius 2 is 1.44 bits per heavy atom. The van der Waals surface area contributed by atoms with Crippen LogP contribution in [0.2, 0.25) is 0 Å². The lowest BCUT2D eigenvalue weighted by Gasteiger charge is -2.27. The van der Waals surface area contributed by atoms with Crippen LogP contribution in [0.3, 0.4) is 0 Å². The molecule has 0 radical (unpaired) electrons. The van der Waals surface area contributed by atoms with Crippen LogP contribution in [0, 0.1) is 5.41 Å². The summed E-state index contributed by atoms with van der Waals surface area (Å²) in [6.07, 6.45) is 2.18. The van der Waals surface area contributed by atoms with Crippen molar-refractivity contribution in [3.05, 3.63) is 0 Å². The maximum Gasteiger partial charge on any atom is 0.0106 e. The highest BCUT2D eigenvalue weighted by molar-refractivity contribution is 4.96. The Balaban J connectivity index is 2.66. The molecule has 2 nitrogen and oxygen atoms in total. The molecule has 0 aromatic rings. The van der Waals surface area contributed by atoms with Gasteiger partial charge in [0.15, 0.2) is 0 Å². The van der Waals surface area contributed by atoms with Crippen molar-refractivity contribution in [2.24, 2.45) is 16.9 Å². The first-order chi connectivity index (χ1) is 4.05. The van der Waals surface area contributed by atoms with Gasteiger partial charge in [-0.2, -0.15) is 0 Å². The number of nitrogens with two attached hydrogens (primary N) is 2. The van der Waals surface area contributed by atoms with Gasteiger partial charge in [-0.25, -0.2) is 0 Å². The molecular weight excluding hydrogens is 112 g/mol. The fourth-order valence-electron chi connectivity index (χ4n) is 1.38. The van der Waals surface area contributed by atoms with Gasteiger partial charge >= 0.3 is 0 Å². The molecule has 1 aliphatic rings.